The molecule has 2 saturated heterocycles. The van der Waals surface area contributed by atoms with Gasteiger partial charge in [0.25, 0.3) is 0 Å². The molecular weight excluding hydrogens is 728 g/mol. The Morgan fingerprint density at radius 3 is 1.91 bits per heavy atom. The number of nitrogens with zero attached hydrogens (tertiary/aromatic N) is 2. The van der Waals surface area contributed by atoms with E-state index in [-0.39, 0.29) is 41.2 Å². The van der Waals surface area contributed by atoms with Crippen molar-refractivity contribution in [1.82, 2.24) is 9.80 Å². The topological polar surface area (TPSA) is 113 Å². The maximum absolute atomic E-state index is 14.9. The van der Waals surface area contributed by atoms with Crippen molar-refractivity contribution in [3.8, 4) is 0 Å². The van der Waals surface area contributed by atoms with Crippen molar-refractivity contribution in [3.63, 3.8) is 0 Å². The molecule has 4 atom stereocenters. The first-order valence-electron chi connectivity index (χ1n) is 19.0. The summed E-state index contributed by atoms with van der Waals surface area (Å²) in [6.07, 6.45) is 3.60. The number of β-lactam (4-membered cyclic amide) rings is 1. The highest BCUT2D eigenvalue weighted by Gasteiger charge is 2.57. The number of hydrogen-bond donors (Lipinski definition) is 1. The molecule has 1 N–H and O–H groups in total. The van der Waals surface area contributed by atoms with Crippen LogP contribution < -0.4 is 15.9 Å². The molecule has 0 bridgehead atoms. The van der Waals surface area contributed by atoms with Crippen molar-refractivity contribution in [3.05, 3.63) is 115 Å². The van der Waals surface area contributed by atoms with Crippen LogP contribution in [-0.2, 0) is 23.5 Å². The molecule has 292 valence electrons. The van der Waals surface area contributed by atoms with Gasteiger partial charge in [-0.25, -0.2) is 9.59 Å². The van der Waals surface area contributed by atoms with Crippen LogP contribution in [0, 0.1) is 5.92 Å². The summed E-state index contributed by atoms with van der Waals surface area (Å²) in [4.78, 5) is 59.1. The van der Waals surface area contributed by atoms with Crippen molar-refractivity contribution >= 4 is 60.3 Å². The highest BCUT2D eigenvalue weighted by molar-refractivity contribution is 7.96. The molecule has 3 aromatic carbocycles. The van der Waals surface area contributed by atoms with Crippen LogP contribution in [0.5, 0.6) is 0 Å². The summed E-state index contributed by atoms with van der Waals surface area (Å²) in [5, 5.41) is 13.7. The molecular formula is C44H55N2O7PSi. The lowest BCUT2D eigenvalue weighted by Gasteiger charge is -2.52. The van der Waals surface area contributed by atoms with Gasteiger partial charge in [-0.1, -0.05) is 130 Å². The standard InChI is InChI=1S/C44H55N2O7PSi/c1-9-28-52-43(51)45-27-19-20-33(45)29-31(2)38(47)30-37-39(32(3)53-55(7,8)44(4,5)6)40(48)46(37)41(42(49)50)54(34-21-13-10-14-22-34,35-23-15-11-16-24-35)36-25-17-12-18-26-36/h9-18,21-26,29,32-33,37,39H,1,19-20,27-28,30H2,2-8H3,(H,49,50)/t32-,33+,37-,39-/m1/s1. The van der Waals surface area contributed by atoms with Gasteiger partial charge >= 0.3 is 12.1 Å². The smallest absolute Gasteiger partial charge is 0.410 e. The van der Waals surface area contributed by atoms with E-state index in [2.05, 4.69) is 40.4 Å². The summed E-state index contributed by atoms with van der Waals surface area (Å²) < 4.78 is 12.1. The van der Waals surface area contributed by atoms with Crippen LogP contribution >= 0.6 is 6.89 Å². The molecule has 2 heterocycles. The number of carboxylic acids is 1. The molecule has 2 aliphatic heterocycles. The zero-order chi connectivity index (χ0) is 40.1. The van der Waals surface area contributed by atoms with Gasteiger partial charge in [-0.2, -0.15) is 0 Å². The van der Waals surface area contributed by atoms with Gasteiger partial charge in [0.15, 0.2) is 14.1 Å². The van der Waals surface area contributed by atoms with Gasteiger partial charge in [0, 0.05) is 19.9 Å². The average Bonchev–Trinajstić information content (AvgIpc) is 3.62. The van der Waals surface area contributed by atoms with Crippen LogP contribution in [0.1, 0.15) is 53.9 Å². The van der Waals surface area contributed by atoms with E-state index in [9.17, 15) is 24.3 Å². The van der Waals surface area contributed by atoms with E-state index in [4.69, 9.17) is 9.16 Å². The van der Waals surface area contributed by atoms with Gasteiger partial charge in [0.2, 0.25) is 5.91 Å². The maximum atomic E-state index is 14.9. The third-order valence-corrected chi connectivity index (χ3v) is 20.2. The molecule has 0 radical (unpaired) electrons. The average molecular weight is 783 g/mol. The van der Waals surface area contributed by atoms with Gasteiger partial charge in [-0.15, -0.1) is 0 Å². The number of rotatable bonds is 14. The molecule has 55 heavy (non-hydrogen) atoms. The summed E-state index contributed by atoms with van der Waals surface area (Å²) >= 11 is 0. The Hall–Kier alpha value is -4.50. The number of aliphatic carboxylic acids is 1. The van der Waals surface area contributed by atoms with E-state index in [0.29, 0.717) is 18.5 Å². The van der Waals surface area contributed by atoms with Crippen molar-refractivity contribution in [2.75, 3.05) is 13.2 Å². The molecule has 9 nitrogen and oxygen atoms in total. The van der Waals surface area contributed by atoms with Gasteiger partial charge in [-0.05, 0) is 66.3 Å². The Balaban J connectivity index is 1.70. The lowest BCUT2D eigenvalue weighted by atomic mass is 9.79. The Morgan fingerprint density at radius 2 is 1.45 bits per heavy atom. The molecule has 0 saturated carbocycles. The van der Waals surface area contributed by atoms with E-state index >= 15 is 0 Å². The fourth-order valence-corrected chi connectivity index (χ4v) is 13.4. The molecule has 0 spiro atoms. The van der Waals surface area contributed by atoms with Crippen LogP contribution in [0.2, 0.25) is 18.1 Å². The zero-order valence-electron chi connectivity index (χ0n) is 33.1. The fourth-order valence-electron chi connectivity index (χ4n) is 7.59. The minimum Gasteiger partial charge on any atom is -0.477 e. The summed E-state index contributed by atoms with van der Waals surface area (Å²) in [6.45, 7) is 15.2. The van der Waals surface area contributed by atoms with Crippen LogP contribution in [0.15, 0.2) is 115 Å². The number of ketones is 1. The highest BCUT2D eigenvalue weighted by atomic mass is 31.2. The van der Waals surface area contributed by atoms with Crippen LogP contribution in [0.3, 0.4) is 0 Å². The Morgan fingerprint density at radius 1 is 0.945 bits per heavy atom. The van der Waals surface area contributed by atoms with Crippen molar-refractivity contribution in [2.45, 2.75) is 90.2 Å². The van der Waals surface area contributed by atoms with E-state index < -0.39 is 45.3 Å². The minimum absolute atomic E-state index is 0.0387. The van der Waals surface area contributed by atoms with Crippen LogP contribution in [0.4, 0.5) is 4.79 Å². The number of allylic oxidation sites excluding steroid dienone is 1. The monoisotopic (exact) mass is 782 g/mol. The number of likely N-dealkylation sites (tertiary alicyclic amines) is 2. The summed E-state index contributed by atoms with van der Waals surface area (Å²) in [5.74, 6) is -2.59. The van der Waals surface area contributed by atoms with Gasteiger partial charge in [0.1, 0.15) is 12.0 Å². The number of carbonyl (C=O) groups is 4. The Labute approximate surface area is 327 Å². The summed E-state index contributed by atoms with van der Waals surface area (Å²) in [6, 6.07) is 27.5. The van der Waals surface area contributed by atoms with Crippen molar-refractivity contribution in [1.29, 1.82) is 0 Å². The van der Waals surface area contributed by atoms with E-state index in [1.165, 1.54) is 11.0 Å². The third kappa shape index (κ3) is 8.37. The number of benzene rings is 3. The largest absolute Gasteiger partial charge is 0.477 e. The molecule has 2 fully saturated rings. The number of amides is 2. The number of ether oxygens (including phenoxy) is 1. The number of carboxylic acid groups (broad SMARTS) is 1. The fraction of sp³-hybridized carbons (Fsp3) is 0.386. The summed E-state index contributed by atoms with van der Waals surface area (Å²) in [7, 11) is -2.39. The number of carbonyl (C=O) groups excluding carboxylic acids is 3. The number of hydrogen-bond acceptors (Lipinski definition) is 6. The molecule has 11 heteroatoms. The second-order valence-corrected chi connectivity index (χ2v) is 24.0. The van der Waals surface area contributed by atoms with E-state index in [1.807, 2.05) is 97.9 Å². The molecule has 5 rings (SSSR count). The van der Waals surface area contributed by atoms with Gasteiger partial charge in [-0.3, -0.25) is 9.59 Å². The molecule has 0 aliphatic carbocycles. The first kappa shape index (κ1) is 41.7. The highest BCUT2D eigenvalue weighted by Crippen LogP contribution is 2.50. The van der Waals surface area contributed by atoms with Gasteiger partial charge < -0.3 is 24.1 Å². The molecule has 3 aromatic rings. The SMILES string of the molecule is C=CCOC(=O)N1CCC[C@H]1C=C(C)C(=O)C[C@@H]1[C@@H]([C@@H](C)O[Si](C)(C)C(C)(C)C)C(=O)N1C(C(=O)O)=P(c1ccccc1)(c1ccccc1)c1ccccc1. The molecule has 2 aliphatic rings. The van der Waals surface area contributed by atoms with E-state index in [1.54, 1.807) is 17.9 Å². The first-order valence-corrected chi connectivity index (χ1v) is 23.7. The number of Topliss-reactive ketones (excluding diaryl/α,β-unsaturated/α-hetero) is 1. The maximum Gasteiger partial charge on any atom is 0.410 e. The van der Waals surface area contributed by atoms with Crippen molar-refractivity contribution in [2.24, 2.45) is 5.92 Å². The second kappa shape index (κ2) is 17.1. The third-order valence-electron chi connectivity index (χ3n) is 11.4. The zero-order valence-corrected chi connectivity index (χ0v) is 35.0. The molecule has 0 aromatic heterocycles. The first-order chi connectivity index (χ1) is 26.1. The van der Waals surface area contributed by atoms with Crippen molar-refractivity contribution < 1.29 is 33.4 Å². The molecule has 2 amide bonds. The lowest BCUT2D eigenvalue weighted by Crippen LogP contribution is -2.69. The Kier molecular flexibility index (Phi) is 13.0. The lowest BCUT2D eigenvalue weighted by molar-refractivity contribution is -0.157. The van der Waals surface area contributed by atoms with Gasteiger partial charge in [0.05, 0.1) is 24.1 Å². The minimum atomic E-state index is -3.26. The van der Waals surface area contributed by atoms with Crippen LogP contribution in [0.25, 0.3) is 0 Å². The predicted octanol–water partition coefficient (Wildman–Crippen LogP) is 7.12. The van der Waals surface area contributed by atoms with Crippen LogP contribution in [-0.4, -0.2) is 83.7 Å². The second-order valence-electron chi connectivity index (χ2n) is 15.9. The predicted molar refractivity (Wildman–Crippen MR) is 224 cm³/mol. The normalized spacial score (nSPS) is 19.7. The van der Waals surface area contributed by atoms with E-state index in [0.717, 1.165) is 22.3 Å². The summed E-state index contributed by atoms with van der Waals surface area (Å²) in [5.41, 5.74) is 0.403. The molecule has 0 unspecified atom stereocenters. The quantitative estimate of drug-likeness (QED) is 0.0609. The Bertz CT molecular complexity index is 1870.